The standard InChI is InChI=1S/C16H25BrClNO/c1-5-19(7-6-18)8-9-20-16-10-13(4)15(17)11-14(16)12(2)3/h10-12H,5-9H2,1-4H3. The summed E-state index contributed by atoms with van der Waals surface area (Å²) in [7, 11) is 0. The van der Waals surface area contributed by atoms with Crippen molar-refractivity contribution >= 4 is 27.5 Å². The van der Waals surface area contributed by atoms with Crippen molar-refractivity contribution in [3.63, 3.8) is 0 Å². The van der Waals surface area contributed by atoms with E-state index in [1.165, 1.54) is 11.1 Å². The van der Waals surface area contributed by atoms with E-state index in [0.717, 1.165) is 29.9 Å². The van der Waals surface area contributed by atoms with Crippen LogP contribution in [0.25, 0.3) is 0 Å². The van der Waals surface area contributed by atoms with E-state index in [9.17, 15) is 0 Å². The molecule has 0 unspecified atom stereocenters. The minimum absolute atomic E-state index is 0.451. The van der Waals surface area contributed by atoms with E-state index in [1.54, 1.807) is 0 Å². The minimum Gasteiger partial charge on any atom is -0.492 e. The van der Waals surface area contributed by atoms with Gasteiger partial charge in [0.1, 0.15) is 12.4 Å². The average Bonchev–Trinajstić information content (AvgIpc) is 2.41. The molecule has 4 heteroatoms. The minimum atomic E-state index is 0.451. The van der Waals surface area contributed by atoms with Crippen LogP contribution in [-0.4, -0.2) is 37.0 Å². The predicted molar refractivity (Wildman–Crippen MR) is 91.3 cm³/mol. The molecule has 0 atom stereocenters. The second kappa shape index (κ2) is 8.91. The summed E-state index contributed by atoms with van der Waals surface area (Å²) in [6.45, 7) is 12.2. The summed E-state index contributed by atoms with van der Waals surface area (Å²) < 4.78 is 7.15. The number of rotatable bonds is 8. The highest BCUT2D eigenvalue weighted by Crippen LogP contribution is 2.32. The molecule has 0 N–H and O–H groups in total. The smallest absolute Gasteiger partial charge is 0.123 e. The van der Waals surface area contributed by atoms with Crippen LogP contribution in [0.2, 0.25) is 0 Å². The van der Waals surface area contributed by atoms with Crippen LogP contribution in [0, 0.1) is 6.92 Å². The van der Waals surface area contributed by atoms with Gasteiger partial charge in [-0.2, -0.15) is 0 Å². The molecule has 0 aliphatic carbocycles. The summed E-state index contributed by atoms with van der Waals surface area (Å²) in [5, 5.41) is 0. The van der Waals surface area contributed by atoms with Crippen LogP contribution in [-0.2, 0) is 0 Å². The van der Waals surface area contributed by atoms with E-state index in [2.05, 4.69) is 60.7 Å². The van der Waals surface area contributed by atoms with E-state index in [0.29, 0.717) is 18.4 Å². The van der Waals surface area contributed by atoms with Gasteiger partial charge in [-0.25, -0.2) is 0 Å². The van der Waals surface area contributed by atoms with Crippen LogP contribution >= 0.6 is 27.5 Å². The molecule has 0 fully saturated rings. The third-order valence-electron chi connectivity index (χ3n) is 3.43. The Labute approximate surface area is 136 Å². The van der Waals surface area contributed by atoms with Gasteiger partial charge in [0.25, 0.3) is 0 Å². The fraction of sp³-hybridized carbons (Fsp3) is 0.625. The summed E-state index contributed by atoms with van der Waals surface area (Å²) in [6.07, 6.45) is 0. The Morgan fingerprint density at radius 3 is 2.55 bits per heavy atom. The van der Waals surface area contributed by atoms with Crippen LogP contribution in [0.3, 0.4) is 0 Å². The number of aryl methyl sites for hydroxylation is 1. The molecule has 0 amide bonds. The number of likely N-dealkylation sites (N-methyl/N-ethyl adjacent to an activating group) is 1. The highest BCUT2D eigenvalue weighted by molar-refractivity contribution is 9.10. The molecule has 1 aromatic rings. The highest BCUT2D eigenvalue weighted by Gasteiger charge is 2.11. The normalized spacial score (nSPS) is 11.4. The fourth-order valence-electron chi connectivity index (χ4n) is 2.08. The molecule has 0 saturated heterocycles. The largest absolute Gasteiger partial charge is 0.492 e. The molecule has 2 nitrogen and oxygen atoms in total. The van der Waals surface area contributed by atoms with Crippen molar-refractivity contribution < 1.29 is 4.74 Å². The Kier molecular flexibility index (Phi) is 7.93. The topological polar surface area (TPSA) is 12.5 Å². The molecule has 1 aromatic carbocycles. The Balaban J connectivity index is 2.69. The number of halogens is 2. The summed E-state index contributed by atoms with van der Waals surface area (Å²) in [5.74, 6) is 2.12. The number of hydrogen-bond donors (Lipinski definition) is 0. The fourth-order valence-corrected chi connectivity index (χ4v) is 2.68. The van der Waals surface area contributed by atoms with Crippen LogP contribution in [0.5, 0.6) is 5.75 Å². The molecule has 1 rings (SSSR count). The van der Waals surface area contributed by atoms with Gasteiger partial charge in [0, 0.05) is 23.4 Å². The second-order valence-corrected chi connectivity index (χ2v) is 6.50. The first kappa shape index (κ1) is 17.8. The molecule has 0 bridgehead atoms. The van der Waals surface area contributed by atoms with Gasteiger partial charge in [-0.3, -0.25) is 4.90 Å². The van der Waals surface area contributed by atoms with Gasteiger partial charge in [-0.15, -0.1) is 11.6 Å². The van der Waals surface area contributed by atoms with Crippen molar-refractivity contribution in [2.24, 2.45) is 0 Å². The van der Waals surface area contributed by atoms with Crippen LogP contribution in [0.15, 0.2) is 16.6 Å². The van der Waals surface area contributed by atoms with E-state index in [1.807, 2.05) is 0 Å². The summed E-state index contributed by atoms with van der Waals surface area (Å²) in [4.78, 5) is 2.30. The van der Waals surface area contributed by atoms with Crippen molar-refractivity contribution in [3.8, 4) is 5.75 Å². The highest BCUT2D eigenvalue weighted by atomic mass is 79.9. The molecular formula is C16H25BrClNO. The van der Waals surface area contributed by atoms with Crippen LogP contribution < -0.4 is 4.74 Å². The zero-order valence-electron chi connectivity index (χ0n) is 12.9. The van der Waals surface area contributed by atoms with Crippen molar-refractivity contribution in [1.29, 1.82) is 0 Å². The van der Waals surface area contributed by atoms with Crippen molar-refractivity contribution in [3.05, 3.63) is 27.7 Å². The maximum absolute atomic E-state index is 6.01. The number of hydrogen-bond acceptors (Lipinski definition) is 2. The Bertz CT molecular complexity index is 423. The lowest BCUT2D eigenvalue weighted by molar-refractivity contribution is 0.222. The molecular weight excluding hydrogens is 338 g/mol. The zero-order chi connectivity index (χ0) is 15.1. The predicted octanol–water partition coefficient (Wildman–Crippen LogP) is 4.82. The van der Waals surface area contributed by atoms with Crippen molar-refractivity contribution in [2.45, 2.75) is 33.6 Å². The van der Waals surface area contributed by atoms with Crippen LogP contribution in [0.4, 0.5) is 0 Å². The molecule has 114 valence electrons. The lowest BCUT2D eigenvalue weighted by atomic mass is 10.0. The summed E-state index contributed by atoms with van der Waals surface area (Å²) >= 11 is 9.38. The number of alkyl halides is 1. The van der Waals surface area contributed by atoms with Gasteiger partial charge in [0.2, 0.25) is 0 Å². The molecule has 20 heavy (non-hydrogen) atoms. The molecule has 0 saturated carbocycles. The zero-order valence-corrected chi connectivity index (χ0v) is 15.2. The van der Waals surface area contributed by atoms with Gasteiger partial charge >= 0.3 is 0 Å². The van der Waals surface area contributed by atoms with Gasteiger partial charge in [-0.05, 0) is 42.6 Å². The first-order chi connectivity index (χ1) is 9.49. The average molecular weight is 363 g/mol. The Hall–Kier alpha value is -0.250. The number of ether oxygens (including phenoxy) is 1. The van der Waals surface area contributed by atoms with Crippen LogP contribution in [0.1, 0.15) is 37.8 Å². The Morgan fingerprint density at radius 1 is 1.30 bits per heavy atom. The molecule has 0 aromatic heterocycles. The number of benzene rings is 1. The van der Waals surface area contributed by atoms with Gasteiger partial charge in [-0.1, -0.05) is 36.7 Å². The number of nitrogens with zero attached hydrogens (tertiary/aromatic N) is 1. The van der Waals surface area contributed by atoms with Gasteiger partial charge in [0.05, 0.1) is 0 Å². The lowest BCUT2D eigenvalue weighted by Gasteiger charge is -2.21. The first-order valence-electron chi connectivity index (χ1n) is 7.20. The van der Waals surface area contributed by atoms with E-state index < -0.39 is 0 Å². The Morgan fingerprint density at radius 2 is 2.00 bits per heavy atom. The SMILES string of the molecule is CCN(CCCl)CCOc1cc(C)c(Br)cc1C(C)C. The third-order valence-corrected chi connectivity index (χ3v) is 4.45. The monoisotopic (exact) mass is 361 g/mol. The lowest BCUT2D eigenvalue weighted by Crippen LogP contribution is -2.30. The first-order valence-corrected chi connectivity index (χ1v) is 8.53. The molecule has 0 aliphatic heterocycles. The van der Waals surface area contributed by atoms with E-state index >= 15 is 0 Å². The molecule has 0 aliphatic rings. The molecule has 0 spiro atoms. The van der Waals surface area contributed by atoms with Gasteiger partial charge < -0.3 is 4.74 Å². The molecule has 0 heterocycles. The second-order valence-electron chi connectivity index (χ2n) is 5.27. The summed E-state index contributed by atoms with van der Waals surface area (Å²) in [6, 6.07) is 4.29. The van der Waals surface area contributed by atoms with Crippen molar-refractivity contribution in [2.75, 3.05) is 32.1 Å². The summed E-state index contributed by atoms with van der Waals surface area (Å²) in [5.41, 5.74) is 2.46. The third kappa shape index (κ3) is 5.27. The van der Waals surface area contributed by atoms with E-state index in [-0.39, 0.29) is 0 Å². The quantitative estimate of drug-likeness (QED) is 0.615. The maximum Gasteiger partial charge on any atom is 0.123 e. The van der Waals surface area contributed by atoms with Crippen molar-refractivity contribution in [1.82, 2.24) is 4.90 Å². The van der Waals surface area contributed by atoms with E-state index in [4.69, 9.17) is 16.3 Å². The van der Waals surface area contributed by atoms with Gasteiger partial charge in [0.15, 0.2) is 0 Å². The molecule has 0 radical (unpaired) electrons. The maximum atomic E-state index is 6.01.